The minimum absolute atomic E-state index is 0. The van der Waals surface area contributed by atoms with Crippen LogP contribution in [0.1, 0.15) is 37.4 Å². The van der Waals surface area contributed by atoms with Crippen LogP contribution < -0.4 is 10.1 Å². The van der Waals surface area contributed by atoms with Crippen LogP contribution in [0.5, 0.6) is 11.5 Å². The van der Waals surface area contributed by atoms with Crippen LogP contribution in [0.25, 0.3) is 0 Å². The van der Waals surface area contributed by atoms with Gasteiger partial charge < -0.3 is 24.6 Å². The number of likely N-dealkylation sites (tertiary alicyclic amines) is 1. The molecule has 3 heterocycles. The van der Waals surface area contributed by atoms with Gasteiger partial charge in [0.2, 0.25) is 0 Å². The molecule has 2 aliphatic rings. The summed E-state index contributed by atoms with van der Waals surface area (Å²) >= 11 is 0. The molecule has 9 heteroatoms. The quantitative estimate of drug-likeness (QED) is 0.792. The van der Waals surface area contributed by atoms with Crippen molar-refractivity contribution in [3.8, 4) is 11.5 Å². The number of nitrogens with one attached hydrogen (secondary N) is 1. The van der Waals surface area contributed by atoms with Gasteiger partial charge in [0.05, 0.1) is 12.6 Å². The number of carbonyl (C=O) groups is 1. The molecule has 29 heavy (non-hydrogen) atoms. The number of phenols is 1. The molecule has 0 radical (unpaired) electrons. The van der Waals surface area contributed by atoms with Gasteiger partial charge in [-0.2, -0.15) is 13.2 Å². The maximum absolute atomic E-state index is 13.3. The Kier molecular flexibility index (Phi) is 4.72. The fourth-order valence-corrected chi connectivity index (χ4v) is 4.39. The fourth-order valence-electron chi connectivity index (χ4n) is 4.39. The first kappa shape index (κ1) is 19.6. The minimum Gasteiger partial charge on any atom is -0.504 e. The Bertz CT molecular complexity index is 941. The van der Waals surface area contributed by atoms with Gasteiger partial charge in [0, 0.05) is 40.3 Å². The smallest absolute Gasteiger partial charge is 0.431 e. The van der Waals surface area contributed by atoms with E-state index in [0.29, 0.717) is 43.7 Å². The zero-order valence-electron chi connectivity index (χ0n) is 15.9. The maximum Gasteiger partial charge on any atom is 0.431 e. The molecule has 2 aliphatic heterocycles. The van der Waals surface area contributed by atoms with Crippen molar-refractivity contribution in [1.29, 1.82) is 0 Å². The highest BCUT2D eigenvalue weighted by Gasteiger charge is 2.44. The summed E-state index contributed by atoms with van der Waals surface area (Å²) in [6.07, 6.45) is -3.34. The molecule has 0 bridgehead atoms. The molecule has 0 aliphatic carbocycles. The Morgan fingerprint density at radius 2 is 1.93 bits per heavy atom. The second-order valence-corrected chi connectivity index (χ2v) is 7.44. The Morgan fingerprint density at radius 1 is 1.21 bits per heavy atom. The summed E-state index contributed by atoms with van der Waals surface area (Å²) in [4.78, 5) is 14.5. The molecule has 160 valence electrons. The van der Waals surface area contributed by atoms with Crippen molar-refractivity contribution in [3.05, 3.63) is 47.3 Å². The van der Waals surface area contributed by atoms with Gasteiger partial charge in [-0.15, -0.1) is 0 Å². The molecule has 1 aromatic carbocycles. The van der Waals surface area contributed by atoms with Gasteiger partial charge in [-0.25, -0.2) is 0 Å². The number of phenolic OH excluding ortho intramolecular Hbond substituents is 1. The van der Waals surface area contributed by atoms with E-state index in [9.17, 15) is 23.1 Å². The lowest BCUT2D eigenvalue weighted by atomic mass is 9.83. The van der Waals surface area contributed by atoms with Crippen LogP contribution in [0.4, 0.5) is 13.2 Å². The largest absolute Gasteiger partial charge is 0.504 e. The van der Waals surface area contributed by atoms with Gasteiger partial charge in [-0.1, -0.05) is 0 Å². The number of hydrogen-bond acceptors (Lipinski definition) is 4. The van der Waals surface area contributed by atoms with Gasteiger partial charge in [0.25, 0.3) is 5.91 Å². The second kappa shape index (κ2) is 6.98. The van der Waals surface area contributed by atoms with Gasteiger partial charge in [0.1, 0.15) is 5.69 Å². The maximum atomic E-state index is 13.3. The number of nitrogens with zero attached hydrogens (tertiary/aromatic N) is 2. The summed E-state index contributed by atoms with van der Waals surface area (Å²) in [6.45, 7) is 1.56. The van der Waals surface area contributed by atoms with Crippen molar-refractivity contribution >= 4 is 5.91 Å². The highest BCUT2D eigenvalue weighted by molar-refractivity contribution is 5.95. The van der Waals surface area contributed by atoms with Crippen molar-refractivity contribution < 1.29 is 30.7 Å². The number of ether oxygens (including phenoxy) is 1. The molecule has 2 aromatic rings. The fraction of sp³-hybridized carbons (Fsp3) is 0.450. The van der Waals surface area contributed by atoms with Crippen LogP contribution >= 0.6 is 0 Å². The van der Waals surface area contributed by atoms with Crippen LogP contribution in [0.2, 0.25) is 0 Å². The summed E-state index contributed by atoms with van der Waals surface area (Å²) in [5, 5.41) is 13.1. The summed E-state index contributed by atoms with van der Waals surface area (Å²) in [5.41, 5.74) is -0.155. The van der Waals surface area contributed by atoms with Crippen LogP contribution in [-0.2, 0) is 18.3 Å². The standard InChI is InChI=1S/C20H22F3N3O3.2H2/c1-29-15-12-13(2-3-14(15)27)18(28)25-9-6-19(7-10-25)16-4-5-17(20(21,22)23)26(16)11-8-24-19;;/h2-5,12,24,27H,6-11H2,1H3;2*1H. The van der Waals surface area contributed by atoms with Crippen molar-refractivity contribution in [3.63, 3.8) is 0 Å². The third-order valence-electron chi connectivity index (χ3n) is 5.89. The number of carbonyl (C=O) groups excluding carboxylic acids is 1. The first-order valence-corrected chi connectivity index (χ1v) is 9.44. The molecule has 1 aromatic heterocycles. The molecule has 4 rings (SSSR count). The number of aromatic nitrogens is 1. The molecule has 6 nitrogen and oxygen atoms in total. The van der Waals surface area contributed by atoms with Crippen molar-refractivity contribution in [2.75, 3.05) is 26.7 Å². The first-order chi connectivity index (χ1) is 13.7. The third kappa shape index (κ3) is 3.33. The van der Waals surface area contributed by atoms with Gasteiger partial charge in [-0.05, 0) is 43.2 Å². The third-order valence-corrected chi connectivity index (χ3v) is 5.89. The summed E-state index contributed by atoms with van der Waals surface area (Å²) in [7, 11) is 1.41. The lowest BCUT2D eigenvalue weighted by Gasteiger charge is -2.45. The highest BCUT2D eigenvalue weighted by atomic mass is 19.4. The normalized spacial score (nSPS) is 18.6. The zero-order chi connectivity index (χ0) is 20.8. The predicted molar refractivity (Wildman–Crippen MR) is 103 cm³/mol. The number of amides is 1. The molecule has 1 spiro atoms. The Labute approximate surface area is 168 Å². The number of aromatic hydroxyl groups is 1. The first-order valence-electron chi connectivity index (χ1n) is 9.44. The minimum atomic E-state index is -4.38. The monoisotopic (exact) mass is 413 g/mol. The van der Waals surface area contributed by atoms with Crippen molar-refractivity contribution in [2.45, 2.75) is 31.1 Å². The molecular weight excluding hydrogens is 387 g/mol. The van der Waals surface area contributed by atoms with Crippen LogP contribution in [0, 0.1) is 0 Å². The van der Waals surface area contributed by atoms with Gasteiger partial charge >= 0.3 is 6.18 Å². The van der Waals surface area contributed by atoms with Crippen LogP contribution in [0.3, 0.4) is 0 Å². The summed E-state index contributed by atoms with van der Waals surface area (Å²) in [5.74, 6) is -0.0228. The van der Waals surface area contributed by atoms with E-state index in [1.54, 1.807) is 11.0 Å². The average Bonchev–Trinajstić information content (AvgIpc) is 3.15. The number of piperidine rings is 1. The van der Waals surface area contributed by atoms with E-state index >= 15 is 0 Å². The highest BCUT2D eigenvalue weighted by Crippen LogP contribution is 2.40. The predicted octanol–water partition coefficient (Wildman–Crippen LogP) is 3.45. The molecule has 0 saturated carbocycles. The van der Waals surface area contributed by atoms with E-state index in [0.717, 1.165) is 6.07 Å². The number of fused-ring (bicyclic) bond motifs is 2. The lowest BCUT2D eigenvalue weighted by molar-refractivity contribution is -0.144. The van der Waals surface area contributed by atoms with Gasteiger partial charge in [-0.3, -0.25) is 4.79 Å². The number of hydrogen-bond donors (Lipinski definition) is 2. The summed E-state index contributed by atoms with van der Waals surface area (Å²) < 4.78 is 46.3. The number of methoxy groups -OCH3 is 1. The van der Waals surface area contributed by atoms with Crippen molar-refractivity contribution in [2.24, 2.45) is 0 Å². The lowest BCUT2D eigenvalue weighted by Crippen LogP contribution is -2.56. The van der Waals surface area contributed by atoms with E-state index in [-0.39, 0.29) is 26.8 Å². The molecular formula is C20H26F3N3O3. The van der Waals surface area contributed by atoms with E-state index in [2.05, 4.69) is 5.32 Å². The molecule has 1 amide bonds. The molecule has 1 saturated heterocycles. The zero-order valence-corrected chi connectivity index (χ0v) is 15.9. The van der Waals surface area contributed by atoms with Crippen LogP contribution in [0.15, 0.2) is 30.3 Å². The molecule has 2 N–H and O–H groups in total. The molecule has 0 unspecified atom stereocenters. The topological polar surface area (TPSA) is 66.7 Å². The van der Waals surface area contributed by atoms with E-state index in [4.69, 9.17) is 4.74 Å². The number of benzene rings is 1. The average molecular weight is 413 g/mol. The number of alkyl halides is 3. The summed E-state index contributed by atoms with van der Waals surface area (Å²) in [6, 6.07) is 7.12. The number of rotatable bonds is 2. The van der Waals surface area contributed by atoms with E-state index in [1.165, 1.54) is 29.9 Å². The Hall–Kier alpha value is -2.68. The van der Waals surface area contributed by atoms with Crippen molar-refractivity contribution in [1.82, 2.24) is 14.8 Å². The van der Waals surface area contributed by atoms with Gasteiger partial charge in [0.15, 0.2) is 11.5 Å². The number of halogens is 3. The Balaban J connectivity index is 0.00000171. The molecule has 1 fully saturated rings. The Morgan fingerprint density at radius 3 is 2.59 bits per heavy atom. The second-order valence-electron chi connectivity index (χ2n) is 7.44. The van der Waals surface area contributed by atoms with Crippen LogP contribution in [-0.4, -0.2) is 47.2 Å². The SMILES string of the molecule is COc1cc(C(=O)N2CCC3(CC2)NCCn2c(C(F)(F)F)ccc23)ccc1O.[HH].[HH]. The van der Waals surface area contributed by atoms with E-state index < -0.39 is 17.4 Å². The van der Waals surface area contributed by atoms with E-state index in [1.807, 2.05) is 0 Å². The molecule has 0 atom stereocenters.